The lowest BCUT2D eigenvalue weighted by atomic mass is 10.1. The Morgan fingerprint density at radius 3 is 1.25 bits per heavy atom. The molecule has 0 unspecified atom stereocenters. The first-order chi connectivity index (χ1) is 19.1. The molecule has 0 aliphatic carbocycles. The molecule has 0 rings (SSSR count). The van der Waals surface area contributed by atoms with Gasteiger partial charge in [-0.15, -0.1) is 0 Å². The number of ether oxygens (including phenoxy) is 2. The zero-order valence-electron chi connectivity index (χ0n) is 27.9. The molecule has 0 radical (unpaired) electrons. The van der Waals surface area contributed by atoms with Crippen LogP contribution in [-0.4, -0.2) is 69.3 Å². The average Bonchev–Trinajstić information content (AvgIpc) is 2.91. The highest BCUT2D eigenvalue weighted by atomic mass is 79.9. The summed E-state index contributed by atoms with van der Waals surface area (Å²) in [4.78, 5) is 0. The number of hydrogen-bond acceptors (Lipinski definition) is 3. The maximum absolute atomic E-state index is 9.43. The van der Waals surface area contributed by atoms with Gasteiger partial charge < -0.3 is 36.0 Å². The third-order valence-electron chi connectivity index (χ3n) is 8.20. The summed E-state index contributed by atoms with van der Waals surface area (Å²) in [6, 6.07) is 0. The van der Waals surface area contributed by atoms with Gasteiger partial charge in [0.2, 0.25) is 0 Å². The van der Waals surface area contributed by atoms with E-state index in [9.17, 15) is 5.11 Å². The summed E-state index contributed by atoms with van der Waals surface area (Å²) < 4.78 is 13.2. The van der Waals surface area contributed by atoms with E-state index in [4.69, 9.17) is 9.47 Å². The zero-order chi connectivity index (χ0) is 28.7. The van der Waals surface area contributed by atoms with Crippen LogP contribution in [0.3, 0.4) is 0 Å². The van der Waals surface area contributed by atoms with E-state index >= 15 is 0 Å². The second-order valence-corrected chi connectivity index (χ2v) is 12.9. The van der Waals surface area contributed by atoms with Gasteiger partial charge in [0.1, 0.15) is 19.2 Å². The van der Waals surface area contributed by atoms with Crippen molar-refractivity contribution in [3.8, 4) is 0 Å². The largest absolute Gasteiger partial charge is 1.00 e. The Hall–Kier alpha value is 0.320. The van der Waals surface area contributed by atoms with Crippen molar-refractivity contribution in [2.45, 2.75) is 174 Å². The molecule has 5 heteroatoms. The van der Waals surface area contributed by atoms with Crippen molar-refractivity contribution in [2.75, 3.05) is 53.6 Å². The smallest absolute Gasteiger partial charge is 0.130 e. The Kier molecular flexibility index (Phi) is 35.9. The summed E-state index contributed by atoms with van der Waals surface area (Å²) in [6.45, 7) is 8.83. The third-order valence-corrected chi connectivity index (χ3v) is 8.20. The second-order valence-electron chi connectivity index (χ2n) is 12.9. The standard InChI is InChI=1S/C35H74NO3.BrH/c1-5-7-9-11-13-15-17-19-21-23-25-27-31-38-34-35(33-36(3,4)29-30-37)39-32-28-26-24-22-20-18-16-14-12-10-8-6-2;/h35,37H,5-34H2,1-4H3;1H/q+1;/p-1/t35-;/m0./s1. The van der Waals surface area contributed by atoms with Crippen LogP contribution in [0.1, 0.15) is 168 Å². The summed E-state index contributed by atoms with van der Waals surface area (Å²) in [5.74, 6) is 0. The predicted octanol–water partition coefficient (Wildman–Crippen LogP) is 6.86. The highest BCUT2D eigenvalue weighted by Crippen LogP contribution is 2.14. The van der Waals surface area contributed by atoms with Gasteiger partial charge in [0, 0.05) is 13.2 Å². The number of aliphatic hydroxyl groups is 1. The molecule has 0 bridgehead atoms. The fraction of sp³-hybridized carbons (Fsp3) is 1.00. The molecule has 0 amide bonds. The van der Waals surface area contributed by atoms with Gasteiger partial charge in [0.25, 0.3) is 0 Å². The van der Waals surface area contributed by atoms with Gasteiger partial charge in [-0.05, 0) is 12.8 Å². The fourth-order valence-electron chi connectivity index (χ4n) is 5.52. The zero-order valence-corrected chi connectivity index (χ0v) is 29.5. The van der Waals surface area contributed by atoms with E-state index in [0.29, 0.717) is 6.61 Å². The van der Waals surface area contributed by atoms with Crippen LogP contribution < -0.4 is 17.0 Å². The highest BCUT2D eigenvalue weighted by Gasteiger charge is 2.22. The van der Waals surface area contributed by atoms with Crippen LogP contribution >= 0.6 is 0 Å². The third kappa shape index (κ3) is 32.8. The van der Waals surface area contributed by atoms with E-state index < -0.39 is 0 Å². The van der Waals surface area contributed by atoms with Gasteiger partial charge in [-0.1, -0.05) is 155 Å². The van der Waals surface area contributed by atoms with Gasteiger partial charge in [-0.3, -0.25) is 0 Å². The molecule has 0 aromatic heterocycles. The summed E-state index contributed by atoms with van der Waals surface area (Å²) in [5.41, 5.74) is 0. The quantitative estimate of drug-likeness (QED) is 0.0632. The molecule has 1 N–H and O–H groups in total. The molecule has 0 aliphatic rings. The van der Waals surface area contributed by atoms with Crippen molar-refractivity contribution in [2.24, 2.45) is 0 Å². The van der Waals surface area contributed by atoms with Crippen LogP contribution in [0, 0.1) is 0 Å². The summed E-state index contributed by atoms with van der Waals surface area (Å²) in [7, 11) is 4.36. The average molecular weight is 637 g/mol. The number of quaternary nitrogens is 1. The van der Waals surface area contributed by atoms with E-state index in [1.165, 1.54) is 141 Å². The molecule has 1 atom stereocenters. The molecule has 0 spiro atoms. The molecular formula is C35H74BrNO3. The molecule has 4 nitrogen and oxygen atoms in total. The number of likely N-dealkylation sites (N-methyl/N-ethyl adjacent to an activating group) is 1. The number of halogens is 1. The molecule has 40 heavy (non-hydrogen) atoms. The van der Waals surface area contributed by atoms with Crippen LogP contribution in [0.4, 0.5) is 0 Å². The number of aliphatic hydroxyl groups excluding tert-OH is 1. The molecule has 0 saturated carbocycles. The van der Waals surface area contributed by atoms with Crippen molar-refractivity contribution in [3.63, 3.8) is 0 Å². The van der Waals surface area contributed by atoms with E-state index in [1.54, 1.807) is 0 Å². The van der Waals surface area contributed by atoms with Crippen molar-refractivity contribution < 1.29 is 36.0 Å². The molecule has 0 heterocycles. The first-order valence-corrected chi connectivity index (χ1v) is 17.7. The van der Waals surface area contributed by atoms with Crippen molar-refractivity contribution in [3.05, 3.63) is 0 Å². The molecule has 0 aliphatic heterocycles. The Bertz CT molecular complexity index is 464. The number of unbranched alkanes of at least 4 members (excludes halogenated alkanes) is 22. The molecule has 0 aromatic rings. The molecule has 0 saturated heterocycles. The Labute approximate surface area is 263 Å². The predicted molar refractivity (Wildman–Crippen MR) is 172 cm³/mol. The topological polar surface area (TPSA) is 38.7 Å². The van der Waals surface area contributed by atoms with E-state index in [0.717, 1.165) is 43.6 Å². The molecule has 244 valence electrons. The first kappa shape index (κ1) is 42.5. The Balaban J connectivity index is 0. The monoisotopic (exact) mass is 635 g/mol. The molecule has 0 fully saturated rings. The maximum atomic E-state index is 9.43. The van der Waals surface area contributed by atoms with Crippen molar-refractivity contribution in [1.82, 2.24) is 0 Å². The maximum Gasteiger partial charge on any atom is 0.130 e. The van der Waals surface area contributed by atoms with Gasteiger partial charge >= 0.3 is 0 Å². The lowest BCUT2D eigenvalue weighted by molar-refractivity contribution is -0.893. The summed E-state index contributed by atoms with van der Waals surface area (Å²) >= 11 is 0. The minimum Gasteiger partial charge on any atom is -1.00 e. The van der Waals surface area contributed by atoms with Gasteiger partial charge in [0.15, 0.2) is 0 Å². The molecule has 0 aromatic carbocycles. The highest BCUT2D eigenvalue weighted by molar-refractivity contribution is 4.58. The Morgan fingerprint density at radius 1 is 0.525 bits per heavy atom. The van der Waals surface area contributed by atoms with Crippen molar-refractivity contribution >= 4 is 0 Å². The van der Waals surface area contributed by atoms with Crippen LogP contribution in [0.5, 0.6) is 0 Å². The van der Waals surface area contributed by atoms with E-state index in [1.807, 2.05) is 0 Å². The van der Waals surface area contributed by atoms with Crippen LogP contribution in [0.25, 0.3) is 0 Å². The summed E-state index contributed by atoms with van der Waals surface area (Å²) in [6.07, 6.45) is 33.0. The minimum absolute atomic E-state index is 0. The summed E-state index contributed by atoms with van der Waals surface area (Å²) in [5, 5.41) is 9.43. The van der Waals surface area contributed by atoms with Gasteiger partial charge in [-0.25, -0.2) is 0 Å². The van der Waals surface area contributed by atoms with Crippen molar-refractivity contribution in [1.29, 1.82) is 0 Å². The van der Waals surface area contributed by atoms with E-state index in [2.05, 4.69) is 27.9 Å². The normalized spacial score (nSPS) is 12.5. The van der Waals surface area contributed by atoms with E-state index in [-0.39, 0.29) is 29.7 Å². The Morgan fingerprint density at radius 2 is 0.875 bits per heavy atom. The minimum atomic E-state index is 0. The number of nitrogens with zero attached hydrogens (tertiary/aromatic N) is 1. The van der Waals surface area contributed by atoms with Gasteiger partial charge in [-0.2, -0.15) is 0 Å². The fourth-order valence-corrected chi connectivity index (χ4v) is 5.52. The lowest BCUT2D eigenvalue weighted by Gasteiger charge is -2.32. The number of hydrogen-bond donors (Lipinski definition) is 1. The number of rotatable bonds is 33. The molecular weight excluding hydrogens is 562 g/mol. The van der Waals surface area contributed by atoms with Crippen LogP contribution in [0.15, 0.2) is 0 Å². The van der Waals surface area contributed by atoms with Crippen LogP contribution in [0.2, 0.25) is 0 Å². The SMILES string of the molecule is CCCCCCCCCCCCCCOC[C@H](C[N+](C)(C)CCO)OCCCCCCCCCCCCCC.[Br-]. The van der Waals surface area contributed by atoms with Crippen LogP contribution in [-0.2, 0) is 9.47 Å². The second kappa shape index (κ2) is 33.8. The first-order valence-electron chi connectivity index (χ1n) is 17.7. The lowest BCUT2D eigenvalue weighted by Crippen LogP contribution is -3.00. The van der Waals surface area contributed by atoms with Gasteiger partial charge in [0.05, 0.1) is 27.3 Å².